The third-order valence-electron chi connectivity index (χ3n) is 1.52. The van der Waals surface area contributed by atoms with Crippen LogP contribution in [0.15, 0.2) is 30.3 Å². The molecule has 1 aromatic rings. The van der Waals surface area contributed by atoms with Gasteiger partial charge in [0.05, 0.1) is 0 Å². The molecule has 1 radical (unpaired) electrons. The second-order valence-corrected chi connectivity index (χ2v) is 4.32. The van der Waals surface area contributed by atoms with Gasteiger partial charge in [-0.2, -0.15) is 0 Å². The Morgan fingerprint density at radius 1 is 1.25 bits per heavy atom. The lowest BCUT2D eigenvalue weighted by molar-refractivity contribution is -0.108. The van der Waals surface area contributed by atoms with Gasteiger partial charge in [0.1, 0.15) is 0 Å². The van der Waals surface area contributed by atoms with E-state index in [4.69, 9.17) is 0 Å². The molecule has 0 spiro atoms. The summed E-state index contributed by atoms with van der Waals surface area (Å²) in [5, 5.41) is 2.33. The van der Waals surface area contributed by atoms with Gasteiger partial charge in [0, 0.05) is 5.69 Å². The molecule has 6 nitrogen and oxygen atoms in total. The fourth-order valence-corrected chi connectivity index (χ4v) is 1.48. The number of carbonyl (C=O) groups is 2. The SMILES string of the molecule is O=CNS(=O)(=O)[B]C(=O)Nc1ccccc1. The number of rotatable bonds is 5. The third kappa shape index (κ3) is 4.14. The van der Waals surface area contributed by atoms with E-state index in [1.807, 2.05) is 0 Å². The summed E-state index contributed by atoms with van der Waals surface area (Å²) in [5.41, 5.74) is 0.463. The van der Waals surface area contributed by atoms with Crippen LogP contribution in [0.2, 0.25) is 0 Å². The molecule has 1 rings (SSSR count). The zero-order valence-corrected chi connectivity index (χ0v) is 8.90. The quantitative estimate of drug-likeness (QED) is 0.554. The largest absolute Gasteiger partial charge is 0.422 e. The lowest BCUT2D eigenvalue weighted by atomic mass is 10.1. The molecule has 0 saturated heterocycles. The fourth-order valence-electron chi connectivity index (χ4n) is 0.935. The lowest BCUT2D eigenvalue weighted by Crippen LogP contribution is -2.34. The first-order chi connectivity index (χ1) is 7.53. The van der Waals surface area contributed by atoms with Crippen molar-refractivity contribution in [2.24, 2.45) is 0 Å². The maximum Gasteiger partial charge on any atom is 0.422 e. The van der Waals surface area contributed by atoms with E-state index < -0.39 is 15.7 Å². The molecule has 1 aromatic carbocycles. The number of para-hydroxylation sites is 1. The molecule has 0 heterocycles. The predicted octanol–water partition coefficient (Wildman–Crippen LogP) is -0.0865. The highest BCUT2D eigenvalue weighted by molar-refractivity contribution is 8.16. The van der Waals surface area contributed by atoms with Gasteiger partial charge in [-0.1, -0.05) is 18.2 Å². The number of hydrogen-bond donors (Lipinski definition) is 2. The van der Waals surface area contributed by atoms with Crippen molar-refractivity contribution >= 4 is 34.3 Å². The molecule has 0 atom stereocenters. The molecule has 0 unspecified atom stereocenters. The third-order valence-corrected chi connectivity index (χ3v) is 2.47. The summed E-state index contributed by atoms with van der Waals surface area (Å²) in [6, 6.07) is 8.34. The van der Waals surface area contributed by atoms with E-state index in [-0.39, 0.29) is 6.41 Å². The van der Waals surface area contributed by atoms with Gasteiger partial charge < -0.3 is 5.32 Å². The van der Waals surface area contributed by atoms with Crippen molar-refractivity contribution in [1.29, 1.82) is 0 Å². The summed E-state index contributed by atoms with van der Waals surface area (Å²) < 4.78 is 23.5. The van der Waals surface area contributed by atoms with E-state index in [0.717, 1.165) is 0 Å². The van der Waals surface area contributed by atoms with Crippen LogP contribution in [-0.2, 0) is 14.7 Å². The number of anilines is 1. The minimum atomic E-state index is -4.01. The Morgan fingerprint density at radius 2 is 1.88 bits per heavy atom. The number of amides is 2. The normalized spacial score (nSPS) is 10.2. The van der Waals surface area contributed by atoms with Crippen LogP contribution >= 0.6 is 0 Å². The summed E-state index contributed by atoms with van der Waals surface area (Å²) in [6.07, 6.45) is -0.0123. The zero-order valence-electron chi connectivity index (χ0n) is 8.08. The number of carbonyl (C=O) groups excluding carboxylic acids is 2. The summed E-state index contributed by atoms with van der Waals surface area (Å²) in [6.45, 7) is 0.397. The minimum absolute atomic E-state index is 0.0123. The minimum Gasteiger partial charge on any atom is -0.334 e. The lowest BCUT2D eigenvalue weighted by Gasteiger charge is -2.03. The van der Waals surface area contributed by atoms with Crippen molar-refractivity contribution in [3.8, 4) is 0 Å². The van der Waals surface area contributed by atoms with Crippen molar-refractivity contribution in [3.63, 3.8) is 0 Å². The molecule has 0 aromatic heterocycles. The first-order valence-electron chi connectivity index (χ1n) is 4.20. The van der Waals surface area contributed by atoms with Gasteiger partial charge in [0.25, 0.3) is 0 Å². The van der Waals surface area contributed by atoms with E-state index in [1.165, 1.54) is 4.72 Å². The van der Waals surface area contributed by atoms with Gasteiger partial charge in [0.2, 0.25) is 6.41 Å². The molecule has 0 aliphatic heterocycles. The molecule has 8 heteroatoms. The molecule has 0 saturated carbocycles. The Kier molecular flexibility index (Phi) is 4.07. The van der Waals surface area contributed by atoms with Crippen LogP contribution in [0.1, 0.15) is 0 Å². The molecule has 0 aliphatic carbocycles. The number of hydrogen-bond acceptors (Lipinski definition) is 4. The van der Waals surface area contributed by atoms with Gasteiger partial charge in [-0.15, -0.1) is 0 Å². The Balaban J connectivity index is 2.58. The van der Waals surface area contributed by atoms with Crippen LogP contribution in [0.4, 0.5) is 10.5 Å². The molecule has 0 fully saturated rings. The first-order valence-corrected chi connectivity index (χ1v) is 5.75. The Morgan fingerprint density at radius 3 is 2.44 bits per heavy atom. The highest BCUT2D eigenvalue weighted by Gasteiger charge is 2.19. The van der Waals surface area contributed by atoms with Crippen LogP contribution < -0.4 is 10.0 Å². The molecule has 2 amide bonds. The fraction of sp³-hybridized carbons (Fsp3) is 0. The average Bonchev–Trinajstić information content (AvgIpc) is 2.17. The van der Waals surface area contributed by atoms with E-state index in [0.29, 0.717) is 12.2 Å². The van der Waals surface area contributed by atoms with Gasteiger partial charge in [0.15, 0.2) is 15.7 Å². The number of nitrogens with one attached hydrogen (secondary N) is 2. The molecular formula is C8H8BN2O4S. The Hall–Kier alpha value is -1.83. The molecule has 0 bridgehead atoms. The molecule has 16 heavy (non-hydrogen) atoms. The maximum absolute atomic E-state index is 11.2. The van der Waals surface area contributed by atoms with E-state index >= 15 is 0 Å². The van der Waals surface area contributed by atoms with E-state index in [9.17, 15) is 18.0 Å². The maximum atomic E-state index is 11.2. The summed E-state index contributed by atoms with van der Waals surface area (Å²) in [7, 11) is -4.01. The van der Waals surface area contributed by atoms with Gasteiger partial charge in [-0.3, -0.25) is 14.3 Å². The first kappa shape index (κ1) is 12.2. The Bertz CT molecular complexity index is 474. The standard InChI is InChI=1S/C8H8BN2O4S/c12-6-10-16(14,15)9-8(13)11-7-4-2-1-3-5-7/h1-6H,(H,10,12)(H,11,13). The second-order valence-electron chi connectivity index (χ2n) is 2.75. The van der Waals surface area contributed by atoms with Gasteiger partial charge >= 0.3 is 6.56 Å². The molecular weight excluding hydrogens is 231 g/mol. The molecule has 2 N–H and O–H groups in total. The van der Waals surface area contributed by atoms with Crippen LogP contribution in [0.25, 0.3) is 0 Å². The summed E-state index contributed by atoms with van der Waals surface area (Å²) in [4.78, 5) is 21.1. The molecule has 0 aliphatic rings. The van der Waals surface area contributed by atoms with Crippen LogP contribution in [-0.4, -0.2) is 27.2 Å². The Labute approximate surface area is 93.2 Å². The number of benzene rings is 1. The topological polar surface area (TPSA) is 92.3 Å². The van der Waals surface area contributed by atoms with Crippen molar-refractivity contribution in [1.82, 2.24) is 4.72 Å². The second kappa shape index (κ2) is 5.31. The highest BCUT2D eigenvalue weighted by Crippen LogP contribution is 2.04. The average molecular weight is 239 g/mol. The zero-order chi connectivity index (χ0) is 12.0. The van der Waals surface area contributed by atoms with Crippen molar-refractivity contribution in [2.45, 2.75) is 0 Å². The van der Waals surface area contributed by atoms with Crippen molar-refractivity contribution < 1.29 is 18.0 Å². The van der Waals surface area contributed by atoms with E-state index in [1.54, 1.807) is 30.3 Å². The van der Waals surface area contributed by atoms with Gasteiger partial charge in [-0.25, -0.2) is 8.42 Å². The molecule has 83 valence electrons. The highest BCUT2D eigenvalue weighted by atomic mass is 32.2. The van der Waals surface area contributed by atoms with E-state index in [2.05, 4.69) is 5.32 Å². The van der Waals surface area contributed by atoms with Gasteiger partial charge in [-0.05, 0) is 12.1 Å². The summed E-state index contributed by atoms with van der Waals surface area (Å²) in [5.74, 6) is -0.833. The van der Waals surface area contributed by atoms with Crippen molar-refractivity contribution in [2.75, 3.05) is 5.32 Å². The van der Waals surface area contributed by atoms with Crippen LogP contribution in [0.3, 0.4) is 0 Å². The van der Waals surface area contributed by atoms with Crippen molar-refractivity contribution in [3.05, 3.63) is 30.3 Å². The monoisotopic (exact) mass is 239 g/mol. The summed E-state index contributed by atoms with van der Waals surface area (Å²) >= 11 is 0. The smallest absolute Gasteiger partial charge is 0.334 e. The predicted molar refractivity (Wildman–Crippen MR) is 59.3 cm³/mol. The van der Waals surface area contributed by atoms with Crippen LogP contribution in [0.5, 0.6) is 0 Å². The van der Waals surface area contributed by atoms with Crippen LogP contribution in [0, 0.1) is 0 Å².